The topological polar surface area (TPSA) is 113 Å². The smallest absolute Gasteiger partial charge is 0.248 e. The molecule has 0 amide bonds. The third kappa shape index (κ3) is 9.29. The van der Waals surface area contributed by atoms with Crippen LogP contribution in [0.1, 0.15) is 0 Å². The Labute approximate surface area is 468 Å². The van der Waals surface area contributed by atoms with Gasteiger partial charge in [0, 0.05) is 84.1 Å². The lowest BCUT2D eigenvalue weighted by atomic mass is 10.1. The summed E-state index contributed by atoms with van der Waals surface area (Å²) in [6.45, 7) is 0. The van der Waals surface area contributed by atoms with E-state index >= 15 is 0 Å². The fourth-order valence-corrected chi connectivity index (χ4v) is 12.0. The lowest BCUT2D eigenvalue weighted by molar-refractivity contribution is 0.415. The summed E-state index contributed by atoms with van der Waals surface area (Å²) in [4.78, 5) is 3.38. The normalized spacial score (nSPS) is 11.3. The van der Waals surface area contributed by atoms with E-state index in [2.05, 4.69) is 250 Å². The van der Waals surface area contributed by atoms with Crippen LogP contribution >= 0.6 is 45.2 Å². The first-order chi connectivity index (χ1) is 37.9. The van der Waals surface area contributed by atoms with E-state index in [9.17, 15) is 0 Å². The SMILES string of the molecule is COc1cccc(-c2nnc(-c3cc(I)cc(I)c3)o2)c1.c1ccc(-c2nnc(-c3cc(-n4c5ccccc5c5ccccc54)cc(-n4c5ccccc5c5ccccc54)c3)o2)cc1.c1ccc2c(c1)[nH]c1ccccc12. The van der Waals surface area contributed by atoms with Gasteiger partial charge in [-0.25, -0.2) is 0 Å². The second-order valence-corrected chi connectivity index (χ2v) is 20.8. The molecule has 0 aliphatic heterocycles. The molecule has 12 heteroatoms. The largest absolute Gasteiger partial charge is 0.497 e. The van der Waals surface area contributed by atoms with Crippen molar-refractivity contribution < 1.29 is 13.6 Å². The summed E-state index contributed by atoms with van der Waals surface area (Å²) in [5.74, 6) is 2.73. The van der Waals surface area contributed by atoms with Gasteiger partial charge in [0.25, 0.3) is 0 Å². The highest BCUT2D eigenvalue weighted by atomic mass is 127. The molecule has 0 aliphatic rings. The van der Waals surface area contributed by atoms with Crippen molar-refractivity contribution in [2.75, 3.05) is 7.11 Å². The van der Waals surface area contributed by atoms with Gasteiger partial charge in [-0.05, 0) is 148 Å². The van der Waals surface area contributed by atoms with Crippen LogP contribution in [0.3, 0.4) is 0 Å². The van der Waals surface area contributed by atoms with Crippen molar-refractivity contribution in [3.63, 3.8) is 0 Å². The highest BCUT2D eigenvalue weighted by Crippen LogP contribution is 2.38. The van der Waals surface area contributed by atoms with Crippen LogP contribution in [0.15, 0.2) is 245 Å². The quantitative estimate of drug-likeness (QED) is 0.158. The second-order valence-electron chi connectivity index (χ2n) is 18.3. The van der Waals surface area contributed by atoms with E-state index in [0.29, 0.717) is 23.6 Å². The van der Waals surface area contributed by atoms with Crippen LogP contribution in [0.5, 0.6) is 5.75 Å². The summed E-state index contributed by atoms with van der Waals surface area (Å²) in [5.41, 5.74) is 12.5. The highest BCUT2D eigenvalue weighted by Gasteiger charge is 2.20. The highest BCUT2D eigenvalue weighted by molar-refractivity contribution is 14.1. The van der Waals surface area contributed by atoms with Crippen molar-refractivity contribution in [1.82, 2.24) is 34.5 Å². The van der Waals surface area contributed by atoms with Crippen molar-refractivity contribution in [2.45, 2.75) is 0 Å². The molecule has 0 aliphatic carbocycles. The van der Waals surface area contributed by atoms with E-state index in [1.807, 2.05) is 66.7 Å². The van der Waals surface area contributed by atoms with E-state index in [0.717, 1.165) is 68.6 Å². The Balaban J connectivity index is 0.000000136. The van der Waals surface area contributed by atoms with Crippen LogP contribution in [0.4, 0.5) is 0 Å². The Hall–Kier alpha value is -8.86. The molecule has 1 N–H and O–H groups in total. The number of para-hydroxylation sites is 6. The standard InChI is InChI=1S/C38H24N4O.C15H10I2N2O2.C12H9N/c1-2-12-25(13-3-1)37-39-40-38(43-37)26-22-27(41-33-18-8-4-14-29(33)30-15-5-9-19-34(30)41)24-28(23-26)42-35-20-10-6-16-31(35)32-17-7-11-21-36(32)42;1-20-13-4-2-3-9(7-13)14-18-19-15(21-14)10-5-11(16)8-12(17)6-10;1-3-7-11-9(5-1)10-6-2-4-8-12(10)13-11/h1-24H;2-8H,1H3;1-8,13H. The molecule has 0 unspecified atom stereocenters. The van der Waals surface area contributed by atoms with Gasteiger partial charge in [0.15, 0.2) is 0 Å². The fourth-order valence-electron chi connectivity index (χ4n) is 10.1. The monoisotopic (exact) mass is 1220 g/mol. The average molecular weight is 1220 g/mol. The molecule has 10 nitrogen and oxygen atoms in total. The summed E-state index contributed by atoms with van der Waals surface area (Å²) >= 11 is 4.55. The summed E-state index contributed by atoms with van der Waals surface area (Å²) in [6, 6.07) is 81.2. The van der Waals surface area contributed by atoms with Crippen molar-refractivity contribution in [3.8, 4) is 62.9 Å². The van der Waals surface area contributed by atoms with Crippen molar-refractivity contribution in [3.05, 3.63) is 244 Å². The van der Waals surface area contributed by atoms with E-state index < -0.39 is 0 Å². The fraction of sp³-hybridized carbons (Fsp3) is 0.0154. The number of methoxy groups -OCH3 is 1. The number of fused-ring (bicyclic) bond motifs is 9. The first-order valence-corrected chi connectivity index (χ1v) is 27.0. The first-order valence-electron chi connectivity index (χ1n) is 24.9. The van der Waals surface area contributed by atoms with Crippen molar-refractivity contribution in [1.29, 1.82) is 0 Å². The van der Waals surface area contributed by atoms with Crippen LogP contribution in [-0.2, 0) is 0 Å². The summed E-state index contributed by atoms with van der Waals surface area (Å²) < 4.78 is 24.2. The number of hydrogen-bond donors (Lipinski definition) is 1. The third-order valence-electron chi connectivity index (χ3n) is 13.5. The van der Waals surface area contributed by atoms with E-state index in [4.69, 9.17) is 13.6 Å². The van der Waals surface area contributed by atoms with Gasteiger partial charge in [0.1, 0.15) is 5.75 Å². The molecule has 15 rings (SSSR count). The van der Waals surface area contributed by atoms with Crippen molar-refractivity contribution >= 4 is 111 Å². The summed E-state index contributed by atoms with van der Waals surface area (Å²) in [7, 11) is 1.63. The van der Waals surface area contributed by atoms with Gasteiger partial charge in [-0.2, -0.15) is 0 Å². The van der Waals surface area contributed by atoms with Gasteiger partial charge in [0.2, 0.25) is 23.6 Å². The molecule has 0 radical (unpaired) electrons. The zero-order valence-electron chi connectivity index (χ0n) is 41.2. The average Bonchev–Trinajstić information content (AvgIpc) is 4.45. The van der Waals surface area contributed by atoms with Gasteiger partial charge >= 0.3 is 0 Å². The van der Waals surface area contributed by atoms with Gasteiger partial charge in [-0.3, -0.25) is 0 Å². The maximum absolute atomic E-state index is 6.31. The van der Waals surface area contributed by atoms with Gasteiger partial charge < -0.3 is 27.7 Å². The molecule has 0 fully saturated rings. The minimum absolute atomic E-state index is 0.475. The van der Waals surface area contributed by atoms with Crippen LogP contribution in [-0.4, -0.2) is 41.6 Å². The van der Waals surface area contributed by atoms with Crippen molar-refractivity contribution in [2.24, 2.45) is 0 Å². The predicted molar refractivity (Wildman–Crippen MR) is 327 cm³/mol. The molecule has 0 atom stereocenters. The molecular weight excluding hydrogens is 1180 g/mol. The first kappa shape index (κ1) is 47.8. The molecule has 10 aromatic carbocycles. The Morgan fingerprint density at radius 1 is 0.351 bits per heavy atom. The number of ether oxygens (including phenoxy) is 1. The molecule has 0 spiro atoms. The van der Waals surface area contributed by atoms with Gasteiger partial charge in [0.05, 0.1) is 29.2 Å². The molecule has 370 valence electrons. The summed E-state index contributed by atoms with van der Waals surface area (Å²) in [6.07, 6.45) is 0. The maximum Gasteiger partial charge on any atom is 0.248 e. The minimum Gasteiger partial charge on any atom is -0.497 e. The van der Waals surface area contributed by atoms with Crippen LogP contribution < -0.4 is 4.74 Å². The predicted octanol–water partition coefficient (Wildman–Crippen LogP) is 17.5. The second kappa shape index (κ2) is 20.7. The van der Waals surface area contributed by atoms with Gasteiger partial charge in [-0.15, -0.1) is 20.4 Å². The minimum atomic E-state index is 0.475. The number of benzene rings is 10. The number of hydrogen-bond acceptors (Lipinski definition) is 7. The molecule has 5 aromatic heterocycles. The van der Waals surface area contributed by atoms with Crippen LogP contribution in [0.2, 0.25) is 0 Å². The lowest BCUT2D eigenvalue weighted by Gasteiger charge is -2.14. The number of halogens is 2. The zero-order valence-corrected chi connectivity index (χ0v) is 45.5. The Morgan fingerprint density at radius 2 is 0.727 bits per heavy atom. The number of aromatic nitrogens is 7. The number of nitrogens with zero attached hydrogens (tertiary/aromatic N) is 6. The molecular formula is C65H43I2N7O3. The van der Waals surface area contributed by atoms with Crippen LogP contribution in [0, 0.1) is 7.14 Å². The number of H-pyrrole nitrogens is 1. The molecule has 0 saturated heterocycles. The lowest BCUT2D eigenvalue weighted by Crippen LogP contribution is -2.00. The van der Waals surface area contributed by atoms with E-state index in [1.165, 1.54) is 43.4 Å². The molecule has 0 saturated carbocycles. The zero-order chi connectivity index (χ0) is 51.8. The Morgan fingerprint density at radius 3 is 1.19 bits per heavy atom. The molecule has 15 aromatic rings. The maximum atomic E-state index is 6.31. The third-order valence-corrected chi connectivity index (χ3v) is 14.8. The summed E-state index contributed by atoms with van der Waals surface area (Å²) in [5, 5.41) is 24.7. The molecule has 5 heterocycles. The van der Waals surface area contributed by atoms with E-state index in [-0.39, 0.29) is 0 Å². The Bertz CT molecular complexity index is 4320. The van der Waals surface area contributed by atoms with Crippen LogP contribution in [0.25, 0.3) is 123 Å². The van der Waals surface area contributed by atoms with E-state index in [1.54, 1.807) is 7.11 Å². The van der Waals surface area contributed by atoms with Gasteiger partial charge in [-0.1, -0.05) is 133 Å². The number of aromatic amines is 1. The Kier molecular flexibility index (Phi) is 12.9. The number of rotatable bonds is 7. The number of nitrogens with one attached hydrogen (secondary N) is 1. The molecule has 77 heavy (non-hydrogen) atoms. The molecule has 0 bridgehead atoms.